The van der Waals surface area contributed by atoms with Crippen LogP contribution in [0.4, 0.5) is 0 Å². The third kappa shape index (κ3) is 4.96. The van der Waals surface area contributed by atoms with E-state index in [0.717, 1.165) is 6.92 Å². The van der Waals surface area contributed by atoms with Crippen molar-refractivity contribution in [3.8, 4) is 0 Å². The number of rotatable bonds is 4. The lowest BCUT2D eigenvalue weighted by molar-refractivity contribution is -0.259. The Labute approximate surface area is 121 Å². The Morgan fingerprint density at radius 1 is 1.14 bits per heavy atom. The first-order valence-electron chi connectivity index (χ1n) is 6.31. The van der Waals surface area contributed by atoms with E-state index in [1.54, 1.807) is 0 Å². The molecule has 0 spiro atoms. The van der Waals surface area contributed by atoms with E-state index in [1.165, 1.54) is 13.8 Å². The molecular weight excluding hydrogens is 286 g/mol. The minimum Gasteiger partial charge on any atom is -0.463 e. The van der Waals surface area contributed by atoms with Crippen LogP contribution in [0.1, 0.15) is 20.8 Å². The maximum absolute atomic E-state index is 11.1. The molecule has 0 unspecified atom stereocenters. The molecule has 1 aliphatic heterocycles. The van der Waals surface area contributed by atoms with Crippen molar-refractivity contribution in [2.75, 3.05) is 6.61 Å². The van der Waals surface area contributed by atoms with E-state index in [2.05, 4.69) is 5.32 Å². The van der Waals surface area contributed by atoms with Crippen LogP contribution in [-0.4, -0.2) is 65.3 Å². The lowest BCUT2D eigenvalue weighted by atomic mass is 9.96. The molecule has 9 heteroatoms. The first kappa shape index (κ1) is 17.3. The minimum absolute atomic E-state index is 0.321. The maximum atomic E-state index is 11.1. The van der Waals surface area contributed by atoms with E-state index in [-0.39, 0.29) is 6.61 Å². The Morgan fingerprint density at radius 3 is 2.24 bits per heavy atom. The molecule has 21 heavy (non-hydrogen) atoms. The second kappa shape index (κ2) is 7.34. The first-order valence-corrected chi connectivity index (χ1v) is 6.31. The first-order chi connectivity index (χ1) is 9.72. The molecule has 0 saturated carbocycles. The van der Waals surface area contributed by atoms with Crippen molar-refractivity contribution in [2.24, 2.45) is 0 Å². The molecule has 1 heterocycles. The molecule has 1 amide bonds. The van der Waals surface area contributed by atoms with Gasteiger partial charge in [-0.3, -0.25) is 14.4 Å². The monoisotopic (exact) mass is 305 g/mol. The van der Waals surface area contributed by atoms with Crippen molar-refractivity contribution in [3.05, 3.63) is 0 Å². The fourth-order valence-corrected chi connectivity index (χ4v) is 1.99. The number of nitrogens with one attached hydrogen (secondary N) is 1. The summed E-state index contributed by atoms with van der Waals surface area (Å²) in [5.41, 5.74) is 0. The fraction of sp³-hybridized carbons (Fsp3) is 0.750. The molecule has 1 fully saturated rings. The third-order valence-electron chi connectivity index (χ3n) is 2.82. The fourth-order valence-electron chi connectivity index (χ4n) is 1.99. The molecule has 1 aliphatic rings. The Morgan fingerprint density at radius 2 is 1.76 bits per heavy atom. The van der Waals surface area contributed by atoms with Gasteiger partial charge in [-0.2, -0.15) is 0 Å². The molecule has 0 aliphatic carbocycles. The summed E-state index contributed by atoms with van der Waals surface area (Å²) >= 11 is 0. The van der Waals surface area contributed by atoms with Gasteiger partial charge in [0.25, 0.3) is 0 Å². The predicted octanol–water partition coefficient (Wildman–Crippen LogP) is -1.94. The molecule has 1 rings (SSSR count). The smallest absolute Gasteiger partial charge is 0.303 e. The van der Waals surface area contributed by atoms with Crippen molar-refractivity contribution in [1.82, 2.24) is 5.32 Å². The number of carbonyl (C=O) groups excluding carboxylic acids is 3. The van der Waals surface area contributed by atoms with Crippen LogP contribution in [0.25, 0.3) is 0 Å². The molecule has 0 bridgehead atoms. The second-order valence-electron chi connectivity index (χ2n) is 4.66. The van der Waals surface area contributed by atoms with Crippen LogP contribution in [0.2, 0.25) is 0 Å². The molecule has 1 saturated heterocycles. The minimum atomic E-state index is -1.53. The van der Waals surface area contributed by atoms with Crippen molar-refractivity contribution >= 4 is 17.8 Å². The van der Waals surface area contributed by atoms with Gasteiger partial charge in [0, 0.05) is 20.8 Å². The van der Waals surface area contributed by atoms with Gasteiger partial charge >= 0.3 is 11.9 Å². The topological polar surface area (TPSA) is 131 Å². The highest BCUT2D eigenvalue weighted by molar-refractivity contribution is 5.73. The highest BCUT2D eigenvalue weighted by Gasteiger charge is 2.47. The molecule has 9 nitrogen and oxygen atoms in total. The van der Waals surface area contributed by atoms with E-state index in [1.807, 2.05) is 0 Å². The van der Waals surface area contributed by atoms with Crippen LogP contribution in [0.15, 0.2) is 0 Å². The maximum Gasteiger partial charge on any atom is 0.303 e. The SMILES string of the molecule is CC(=O)N[C@@H]1[C@@H](OC(C)=O)[C@H](O)[C@@H](COC(C)=O)O[C@H]1O. The number of aliphatic hydroxyl groups is 2. The second-order valence-corrected chi connectivity index (χ2v) is 4.66. The number of carbonyl (C=O) groups is 3. The Kier molecular flexibility index (Phi) is 6.06. The quantitative estimate of drug-likeness (QED) is 0.511. The van der Waals surface area contributed by atoms with Gasteiger partial charge in [-0.25, -0.2) is 0 Å². The number of amides is 1. The van der Waals surface area contributed by atoms with Crippen LogP contribution in [0.5, 0.6) is 0 Å². The van der Waals surface area contributed by atoms with Crippen molar-refractivity contribution in [3.63, 3.8) is 0 Å². The van der Waals surface area contributed by atoms with Crippen molar-refractivity contribution in [1.29, 1.82) is 0 Å². The number of aliphatic hydroxyl groups excluding tert-OH is 2. The van der Waals surface area contributed by atoms with Crippen molar-refractivity contribution < 1.29 is 38.8 Å². The van der Waals surface area contributed by atoms with Gasteiger partial charge in [-0.1, -0.05) is 0 Å². The molecule has 0 aromatic heterocycles. The standard InChI is InChI=1S/C12H19NO8/c1-5(14)13-9-11(20-7(3)16)10(17)8(21-12(9)18)4-19-6(2)15/h8-12,17-18H,4H2,1-3H3,(H,13,14)/t8-,9-,10-,11-,12-/m1/s1. The number of esters is 2. The molecule has 3 N–H and O–H groups in total. The summed E-state index contributed by atoms with van der Waals surface area (Å²) in [5, 5.41) is 22.4. The van der Waals surface area contributed by atoms with E-state index >= 15 is 0 Å². The predicted molar refractivity (Wildman–Crippen MR) is 66.7 cm³/mol. The molecule has 0 aromatic rings. The van der Waals surface area contributed by atoms with E-state index < -0.39 is 48.5 Å². The average Bonchev–Trinajstić information content (AvgIpc) is 2.35. The van der Waals surface area contributed by atoms with Gasteiger partial charge in [0.05, 0.1) is 0 Å². The molecular formula is C12H19NO8. The largest absolute Gasteiger partial charge is 0.463 e. The highest BCUT2D eigenvalue weighted by atomic mass is 16.6. The van der Waals surface area contributed by atoms with E-state index in [0.29, 0.717) is 0 Å². The zero-order chi connectivity index (χ0) is 16.2. The third-order valence-corrected chi connectivity index (χ3v) is 2.82. The summed E-state index contributed by atoms with van der Waals surface area (Å²) in [7, 11) is 0. The number of ether oxygens (including phenoxy) is 3. The zero-order valence-electron chi connectivity index (χ0n) is 11.9. The average molecular weight is 305 g/mol. The van der Waals surface area contributed by atoms with Crippen LogP contribution < -0.4 is 5.32 Å². The van der Waals surface area contributed by atoms with Gasteiger partial charge in [0.15, 0.2) is 12.4 Å². The molecule has 0 radical (unpaired) electrons. The number of hydrogen-bond acceptors (Lipinski definition) is 8. The summed E-state index contributed by atoms with van der Waals surface area (Å²) in [6, 6.07) is -1.13. The lowest BCUT2D eigenvalue weighted by Crippen LogP contribution is -2.65. The summed E-state index contributed by atoms with van der Waals surface area (Å²) in [6.45, 7) is 3.18. The summed E-state index contributed by atoms with van der Waals surface area (Å²) in [5.74, 6) is -1.78. The molecule has 0 aromatic carbocycles. The summed E-state index contributed by atoms with van der Waals surface area (Å²) in [4.78, 5) is 33.0. The van der Waals surface area contributed by atoms with Crippen LogP contribution in [-0.2, 0) is 28.6 Å². The summed E-state index contributed by atoms with van der Waals surface area (Å²) < 4.78 is 14.7. The Hall–Kier alpha value is -1.71. The van der Waals surface area contributed by atoms with Gasteiger partial charge in [-0.05, 0) is 0 Å². The molecule has 5 atom stereocenters. The normalized spacial score (nSPS) is 32.1. The lowest BCUT2D eigenvalue weighted by Gasteiger charge is -2.42. The van der Waals surface area contributed by atoms with Gasteiger partial charge < -0.3 is 29.7 Å². The van der Waals surface area contributed by atoms with Crippen LogP contribution in [0, 0.1) is 0 Å². The Bertz CT molecular complexity index is 412. The Balaban J connectivity index is 2.87. The van der Waals surface area contributed by atoms with Gasteiger partial charge in [-0.15, -0.1) is 0 Å². The van der Waals surface area contributed by atoms with E-state index in [4.69, 9.17) is 14.2 Å². The van der Waals surface area contributed by atoms with E-state index in [9.17, 15) is 24.6 Å². The highest BCUT2D eigenvalue weighted by Crippen LogP contribution is 2.23. The molecule has 120 valence electrons. The zero-order valence-corrected chi connectivity index (χ0v) is 11.9. The van der Waals surface area contributed by atoms with Crippen LogP contribution >= 0.6 is 0 Å². The van der Waals surface area contributed by atoms with Crippen LogP contribution in [0.3, 0.4) is 0 Å². The van der Waals surface area contributed by atoms with Crippen molar-refractivity contribution in [2.45, 2.75) is 51.4 Å². The van der Waals surface area contributed by atoms with Gasteiger partial charge in [0.2, 0.25) is 5.91 Å². The van der Waals surface area contributed by atoms with Gasteiger partial charge in [0.1, 0.15) is 24.9 Å². The number of hydrogen-bond donors (Lipinski definition) is 3. The summed E-state index contributed by atoms with van der Waals surface area (Å²) in [6.07, 6.45) is -5.22.